The lowest BCUT2D eigenvalue weighted by molar-refractivity contribution is -0.151. The summed E-state index contributed by atoms with van der Waals surface area (Å²) in [5.74, 6) is -1.30. The summed E-state index contributed by atoms with van der Waals surface area (Å²) in [6.45, 7) is 4.21. The molecular formula is C21H26ClFN2O4. The Kier molecular flexibility index (Phi) is 6.77. The fraction of sp³-hybridized carbons (Fsp3) is 0.571. The predicted octanol–water partition coefficient (Wildman–Crippen LogP) is 3.63. The van der Waals surface area contributed by atoms with E-state index in [9.17, 15) is 18.8 Å². The Balaban J connectivity index is 1.51. The van der Waals surface area contributed by atoms with E-state index in [1.807, 2.05) is 4.90 Å². The molecule has 2 amide bonds. The number of nitrogens with zero attached hydrogens (tertiary/aromatic N) is 1. The van der Waals surface area contributed by atoms with Crippen LogP contribution in [0.3, 0.4) is 0 Å². The molecule has 1 aromatic rings. The van der Waals surface area contributed by atoms with E-state index in [2.05, 4.69) is 19.2 Å². The SMILES string of the molecule is C[C@@H]1[C@@H](C)CCC[C@@H]1N1C[C@H](C(=O)OCC(=O)Nc2ccc(F)cc2Cl)CC1=O. The monoisotopic (exact) mass is 424 g/mol. The highest BCUT2D eigenvalue weighted by molar-refractivity contribution is 6.33. The van der Waals surface area contributed by atoms with Gasteiger partial charge >= 0.3 is 5.97 Å². The molecule has 2 aliphatic rings. The summed E-state index contributed by atoms with van der Waals surface area (Å²) in [5.41, 5.74) is 0.233. The Morgan fingerprint density at radius 3 is 2.79 bits per heavy atom. The number of esters is 1. The molecule has 1 aliphatic carbocycles. The van der Waals surface area contributed by atoms with Crippen LogP contribution in [0.15, 0.2) is 18.2 Å². The van der Waals surface area contributed by atoms with Crippen molar-refractivity contribution in [2.75, 3.05) is 18.5 Å². The zero-order valence-corrected chi connectivity index (χ0v) is 17.4. The van der Waals surface area contributed by atoms with Crippen LogP contribution in [0.4, 0.5) is 10.1 Å². The first-order valence-electron chi connectivity index (χ1n) is 9.97. The number of hydrogen-bond donors (Lipinski definition) is 1. The van der Waals surface area contributed by atoms with Gasteiger partial charge in [-0.2, -0.15) is 0 Å². The lowest BCUT2D eigenvalue weighted by Crippen LogP contribution is -2.45. The molecule has 1 aromatic carbocycles. The number of carbonyl (C=O) groups excluding carboxylic acids is 3. The van der Waals surface area contributed by atoms with Crippen molar-refractivity contribution in [2.24, 2.45) is 17.8 Å². The summed E-state index contributed by atoms with van der Waals surface area (Å²) in [5, 5.41) is 2.52. The van der Waals surface area contributed by atoms with Gasteiger partial charge in [0.1, 0.15) is 5.82 Å². The molecule has 0 unspecified atom stereocenters. The molecule has 4 atom stereocenters. The van der Waals surface area contributed by atoms with E-state index < -0.39 is 30.2 Å². The number of anilines is 1. The van der Waals surface area contributed by atoms with E-state index in [-0.39, 0.29) is 29.1 Å². The normalized spacial score (nSPS) is 27.0. The van der Waals surface area contributed by atoms with Gasteiger partial charge in [0.15, 0.2) is 6.61 Å². The molecule has 1 N–H and O–H groups in total. The van der Waals surface area contributed by atoms with Crippen LogP contribution in [0, 0.1) is 23.6 Å². The second-order valence-corrected chi connectivity index (χ2v) is 8.47. The number of rotatable bonds is 5. The van der Waals surface area contributed by atoms with Crippen LogP contribution in [0.25, 0.3) is 0 Å². The van der Waals surface area contributed by atoms with E-state index in [1.54, 1.807) is 0 Å². The van der Waals surface area contributed by atoms with E-state index in [0.29, 0.717) is 18.4 Å². The zero-order valence-electron chi connectivity index (χ0n) is 16.6. The van der Waals surface area contributed by atoms with Gasteiger partial charge in [-0.05, 0) is 36.5 Å². The van der Waals surface area contributed by atoms with Crippen LogP contribution >= 0.6 is 11.6 Å². The molecule has 158 valence electrons. The van der Waals surface area contributed by atoms with Gasteiger partial charge < -0.3 is 15.0 Å². The van der Waals surface area contributed by atoms with Crippen molar-refractivity contribution in [3.63, 3.8) is 0 Å². The molecule has 1 saturated heterocycles. The number of nitrogens with one attached hydrogen (secondary N) is 1. The van der Waals surface area contributed by atoms with E-state index in [1.165, 1.54) is 18.6 Å². The second-order valence-electron chi connectivity index (χ2n) is 8.06. The Hall–Kier alpha value is -2.15. The highest BCUT2D eigenvalue weighted by atomic mass is 35.5. The minimum absolute atomic E-state index is 0.0274. The maximum Gasteiger partial charge on any atom is 0.311 e. The van der Waals surface area contributed by atoms with Crippen molar-refractivity contribution in [3.05, 3.63) is 29.0 Å². The van der Waals surface area contributed by atoms with Gasteiger partial charge in [-0.15, -0.1) is 0 Å². The third-order valence-electron chi connectivity index (χ3n) is 6.11. The number of likely N-dealkylation sites (tertiary alicyclic amines) is 1. The van der Waals surface area contributed by atoms with E-state index in [0.717, 1.165) is 18.9 Å². The van der Waals surface area contributed by atoms with Crippen LogP contribution in [-0.2, 0) is 19.1 Å². The number of ether oxygens (including phenoxy) is 1. The second kappa shape index (κ2) is 9.11. The molecule has 0 spiro atoms. The van der Waals surface area contributed by atoms with Crippen LogP contribution < -0.4 is 5.32 Å². The third-order valence-corrected chi connectivity index (χ3v) is 6.42. The Morgan fingerprint density at radius 1 is 1.31 bits per heavy atom. The van der Waals surface area contributed by atoms with Gasteiger partial charge in [0.05, 0.1) is 16.6 Å². The van der Waals surface area contributed by atoms with Crippen LogP contribution in [-0.4, -0.2) is 41.9 Å². The summed E-state index contributed by atoms with van der Waals surface area (Å²) in [4.78, 5) is 38.7. The van der Waals surface area contributed by atoms with Crippen LogP contribution in [0.5, 0.6) is 0 Å². The standard InChI is InChI=1S/C21H26ClFN2O4/c1-12-4-3-5-18(13(12)2)25-10-14(8-20(25)27)21(28)29-11-19(26)24-17-7-6-15(23)9-16(17)22/h6-7,9,12-14,18H,3-5,8,10-11H2,1-2H3,(H,24,26)/t12-,13+,14+,18-/m0/s1. The highest BCUT2D eigenvalue weighted by Gasteiger charge is 2.42. The first kappa shape index (κ1) is 21.6. The fourth-order valence-electron chi connectivity index (χ4n) is 4.24. The molecule has 1 heterocycles. The largest absolute Gasteiger partial charge is 0.455 e. The molecule has 3 rings (SSSR count). The average Bonchev–Trinajstić information content (AvgIpc) is 3.06. The predicted molar refractivity (Wildman–Crippen MR) is 107 cm³/mol. The minimum Gasteiger partial charge on any atom is -0.455 e. The van der Waals surface area contributed by atoms with Gasteiger partial charge in [-0.3, -0.25) is 14.4 Å². The van der Waals surface area contributed by atoms with Crippen molar-refractivity contribution < 1.29 is 23.5 Å². The van der Waals surface area contributed by atoms with Gasteiger partial charge in [-0.25, -0.2) is 4.39 Å². The van der Waals surface area contributed by atoms with Crippen molar-refractivity contribution in [1.82, 2.24) is 4.90 Å². The van der Waals surface area contributed by atoms with E-state index >= 15 is 0 Å². The van der Waals surface area contributed by atoms with Gasteiger partial charge in [-0.1, -0.05) is 38.3 Å². The van der Waals surface area contributed by atoms with Crippen molar-refractivity contribution >= 4 is 35.1 Å². The Morgan fingerprint density at radius 2 is 2.07 bits per heavy atom. The van der Waals surface area contributed by atoms with E-state index in [4.69, 9.17) is 16.3 Å². The molecular weight excluding hydrogens is 399 g/mol. The number of halogens is 2. The molecule has 8 heteroatoms. The van der Waals surface area contributed by atoms with Crippen LogP contribution in [0.1, 0.15) is 39.5 Å². The van der Waals surface area contributed by atoms with Crippen molar-refractivity contribution in [1.29, 1.82) is 0 Å². The fourth-order valence-corrected chi connectivity index (χ4v) is 4.45. The summed E-state index contributed by atoms with van der Waals surface area (Å²) < 4.78 is 18.2. The first-order valence-corrected chi connectivity index (χ1v) is 10.3. The Bertz CT molecular complexity index is 803. The summed E-state index contributed by atoms with van der Waals surface area (Å²) in [6.07, 6.45) is 3.32. The lowest BCUT2D eigenvalue weighted by Gasteiger charge is -2.39. The summed E-state index contributed by atoms with van der Waals surface area (Å²) in [7, 11) is 0. The smallest absolute Gasteiger partial charge is 0.311 e. The minimum atomic E-state index is -0.581. The first-order chi connectivity index (χ1) is 13.8. The molecule has 29 heavy (non-hydrogen) atoms. The van der Waals surface area contributed by atoms with Crippen molar-refractivity contribution in [3.8, 4) is 0 Å². The zero-order chi connectivity index (χ0) is 21.1. The lowest BCUT2D eigenvalue weighted by atomic mass is 9.77. The quantitative estimate of drug-likeness (QED) is 0.732. The highest BCUT2D eigenvalue weighted by Crippen LogP contribution is 2.36. The molecule has 0 aromatic heterocycles. The molecule has 0 radical (unpaired) electrons. The molecule has 6 nitrogen and oxygen atoms in total. The molecule has 0 bridgehead atoms. The Labute approximate surface area is 174 Å². The van der Waals surface area contributed by atoms with Gasteiger partial charge in [0, 0.05) is 19.0 Å². The van der Waals surface area contributed by atoms with Crippen molar-refractivity contribution in [2.45, 2.75) is 45.6 Å². The van der Waals surface area contributed by atoms with Gasteiger partial charge in [0.25, 0.3) is 5.91 Å². The van der Waals surface area contributed by atoms with Crippen LogP contribution in [0.2, 0.25) is 5.02 Å². The third kappa shape index (κ3) is 5.07. The summed E-state index contributed by atoms with van der Waals surface area (Å²) in [6, 6.07) is 3.74. The van der Waals surface area contributed by atoms with Gasteiger partial charge in [0.2, 0.25) is 5.91 Å². The molecule has 1 aliphatic heterocycles. The number of carbonyl (C=O) groups is 3. The average molecular weight is 425 g/mol. The molecule has 1 saturated carbocycles. The topological polar surface area (TPSA) is 75.7 Å². The number of benzene rings is 1. The maximum absolute atomic E-state index is 13.1. The number of amides is 2. The number of hydrogen-bond acceptors (Lipinski definition) is 4. The maximum atomic E-state index is 13.1. The summed E-state index contributed by atoms with van der Waals surface area (Å²) >= 11 is 5.86. The molecule has 2 fully saturated rings.